The van der Waals surface area contributed by atoms with Gasteiger partial charge in [-0.15, -0.1) is 0 Å². The average molecular weight is 449 g/mol. The minimum absolute atomic E-state index is 0.292. The molecule has 0 N–H and O–H groups in total. The molecule has 7 nitrogen and oxygen atoms in total. The number of piperazine rings is 1. The van der Waals surface area contributed by atoms with Crippen molar-refractivity contribution in [2.24, 2.45) is 0 Å². The van der Waals surface area contributed by atoms with Gasteiger partial charge in [0.15, 0.2) is 5.82 Å². The largest absolute Gasteiger partial charge is 0.497 e. The smallest absolute Gasteiger partial charge is 0.222 e. The van der Waals surface area contributed by atoms with Crippen molar-refractivity contribution in [1.29, 1.82) is 0 Å². The molecule has 33 heavy (non-hydrogen) atoms. The molecule has 0 radical (unpaired) electrons. The minimum Gasteiger partial charge on any atom is -0.497 e. The summed E-state index contributed by atoms with van der Waals surface area (Å²) >= 11 is 0. The van der Waals surface area contributed by atoms with E-state index >= 15 is 0 Å². The molecule has 2 heterocycles. The standard InChI is InChI=1S/C26H32N4O3/c1-4-5-6-7-25(31)30-14-12-29(13-15-30)20-10-8-19(9-11-20)26-27-18-22-23(28-26)16-21(32-2)17-24(22)33-3/h8-11,16-18H,4-7,12-15H2,1-3H3. The number of fused-ring (bicyclic) bond motifs is 1. The van der Waals surface area contributed by atoms with Crippen molar-refractivity contribution >= 4 is 22.5 Å². The molecular weight excluding hydrogens is 416 g/mol. The van der Waals surface area contributed by atoms with E-state index in [2.05, 4.69) is 41.1 Å². The zero-order valence-electron chi connectivity index (χ0n) is 19.7. The molecule has 0 saturated carbocycles. The third-order valence-corrected chi connectivity index (χ3v) is 6.21. The van der Waals surface area contributed by atoms with Crippen LogP contribution in [0.25, 0.3) is 22.3 Å². The molecule has 1 saturated heterocycles. The molecule has 7 heteroatoms. The van der Waals surface area contributed by atoms with E-state index in [9.17, 15) is 4.79 Å². The van der Waals surface area contributed by atoms with Gasteiger partial charge in [-0.2, -0.15) is 0 Å². The van der Waals surface area contributed by atoms with Gasteiger partial charge in [0.05, 0.1) is 25.1 Å². The fourth-order valence-corrected chi connectivity index (χ4v) is 4.22. The third-order valence-electron chi connectivity index (χ3n) is 6.21. The number of hydrogen-bond donors (Lipinski definition) is 0. The Hall–Kier alpha value is -3.35. The number of methoxy groups -OCH3 is 2. The van der Waals surface area contributed by atoms with E-state index in [1.165, 1.54) is 0 Å². The second kappa shape index (κ2) is 10.5. The lowest BCUT2D eigenvalue weighted by molar-refractivity contribution is -0.131. The van der Waals surface area contributed by atoms with E-state index in [1.54, 1.807) is 20.4 Å². The summed E-state index contributed by atoms with van der Waals surface area (Å²) in [4.78, 5) is 26.0. The predicted molar refractivity (Wildman–Crippen MR) is 131 cm³/mol. The van der Waals surface area contributed by atoms with E-state index in [-0.39, 0.29) is 0 Å². The first-order valence-electron chi connectivity index (χ1n) is 11.6. The van der Waals surface area contributed by atoms with Crippen molar-refractivity contribution < 1.29 is 14.3 Å². The van der Waals surface area contributed by atoms with Crippen LogP contribution >= 0.6 is 0 Å². The number of carbonyl (C=O) groups is 1. The molecule has 1 aromatic heterocycles. The van der Waals surface area contributed by atoms with Crippen molar-refractivity contribution in [1.82, 2.24) is 14.9 Å². The Balaban J connectivity index is 1.43. The van der Waals surface area contributed by atoms with E-state index in [4.69, 9.17) is 14.5 Å². The number of aromatic nitrogens is 2. The van der Waals surface area contributed by atoms with Gasteiger partial charge in [-0.05, 0) is 30.7 Å². The molecule has 3 aromatic rings. The first-order valence-corrected chi connectivity index (χ1v) is 11.6. The fraction of sp³-hybridized carbons (Fsp3) is 0.423. The number of carbonyl (C=O) groups excluding carboxylic acids is 1. The molecule has 1 aliphatic heterocycles. The average Bonchev–Trinajstić information content (AvgIpc) is 2.88. The summed E-state index contributed by atoms with van der Waals surface area (Å²) in [7, 11) is 3.26. The highest BCUT2D eigenvalue weighted by molar-refractivity contribution is 5.87. The molecule has 0 spiro atoms. The van der Waals surface area contributed by atoms with Crippen LogP contribution in [0.3, 0.4) is 0 Å². The van der Waals surface area contributed by atoms with Gasteiger partial charge in [0.25, 0.3) is 0 Å². The number of nitrogens with zero attached hydrogens (tertiary/aromatic N) is 4. The molecule has 4 rings (SSSR count). The summed E-state index contributed by atoms with van der Waals surface area (Å²) in [5.41, 5.74) is 2.88. The maximum absolute atomic E-state index is 12.4. The zero-order chi connectivity index (χ0) is 23.2. The molecular formula is C26H32N4O3. The number of hydrogen-bond acceptors (Lipinski definition) is 6. The van der Waals surface area contributed by atoms with Crippen LogP contribution in [0.4, 0.5) is 5.69 Å². The topological polar surface area (TPSA) is 67.8 Å². The van der Waals surface area contributed by atoms with E-state index in [1.807, 2.05) is 17.0 Å². The molecule has 1 amide bonds. The van der Waals surface area contributed by atoms with Gasteiger partial charge in [-0.3, -0.25) is 4.79 Å². The lowest BCUT2D eigenvalue weighted by atomic mass is 10.1. The molecule has 1 fully saturated rings. The van der Waals surface area contributed by atoms with Crippen LogP contribution in [0.2, 0.25) is 0 Å². The summed E-state index contributed by atoms with van der Waals surface area (Å²) in [5, 5.41) is 0.848. The number of amides is 1. The monoisotopic (exact) mass is 448 g/mol. The molecule has 0 aliphatic carbocycles. The molecule has 2 aromatic carbocycles. The predicted octanol–water partition coefficient (Wildman–Crippen LogP) is 4.54. The lowest BCUT2D eigenvalue weighted by Gasteiger charge is -2.36. The van der Waals surface area contributed by atoms with Gasteiger partial charge in [0.2, 0.25) is 5.91 Å². The van der Waals surface area contributed by atoms with Gasteiger partial charge >= 0.3 is 0 Å². The van der Waals surface area contributed by atoms with E-state index in [0.717, 1.165) is 67.6 Å². The summed E-state index contributed by atoms with van der Waals surface area (Å²) < 4.78 is 10.8. The number of anilines is 1. The Bertz CT molecular complexity index is 1090. The Kier molecular flexibility index (Phi) is 7.27. The summed E-state index contributed by atoms with van der Waals surface area (Å²) in [5.74, 6) is 2.34. The first-order chi connectivity index (χ1) is 16.1. The van der Waals surface area contributed by atoms with Crippen LogP contribution in [0, 0.1) is 0 Å². The number of unbranched alkanes of at least 4 members (excludes halogenated alkanes) is 2. The molecule has 0 bridgehead atoms. The number of rotatable bonds is 8. The Morgan fingerprint density at radius 1 is 1.00 bits per heavy atom. The SMILES string of the molecule is CCCCCC(=O)N1CCN(c2ccc(-c3ncc4c(OC)cc(OC)cc4n3)cc2)CC1. The van der Waals surface area contributed by atoms with Crippen LogP contribution in [0.1, 0.15) is 32.6 Å². The molecule has 0 unspecified atom stereocenters. The fourth-order valence-electron chi connectivity index (χ4n) is 4.22. The van der Waals surface area contributed by atoms with Gasteiger partial charge in [0, 0.05) is 62.2 Å². The van der Waals surface area contributed by atoms with Gasteiger partial charge in [-0.25, -0.2) is 9.97 Å². The van der Waals surface area contributed by atoms with Crippen molar-refractivity contribution in [3.05, 3.63) is 42.6 Å². The van der Waals surface area contributed by atoms with Crippen LogP contribution in [0.15, 0.2) is 42.6 Å². The van der Waals surface area contributed by atoms with Crippen molar-refractivity contribution in [3.63, 3.8) is 0 Å². The highest BCUT2D eigenvalue weighted by Crippen LogP contribution is 2.31. The Morgan fingerprint density at radius 2 is 1.76 bits per heavy atom. The van der Waals surface area contributed by atoms with Crippen LogP contribution in [-0.4, -0.2) is 61.2 Å². The first kappa shape index (κ1) is 22.8. The van der Waals surface area contributed by atoms with Crippen LogP contribution in [0.5, 0.6) is 11.5 Å². The number of ether oxygens (including phenoxy) is 2. The Morgan fingerprint density at radius 3 is 2.42 bits per heavy atom. The second-order valence-electron chi connectivity index (χ2n) is 8.33. The normalized spacial score (nSPS) is 13.9. The maximum atomic E-state index is 12.4. The van der Waals surface area contributed by atoms with Crippen molar-refractivity contribution in [2.45, 2.75) is 32.6 Å². The van der Waals surface area contributed by atoms with Gasteiger partial charge in [0.1, 0.15) is 11.5 Å². The Labute approximate surface area is 195 Å². The minimum atomic E-state index is 0.292. The lowest BCUT2D eigenvalue weighted by Crippen LogP contribution is -2.48. The van der Waals surface area contributed by atoms with Gasteiger partial charge in [-0.1, -0.05) is 19.8 Å². The number of benzene rings is 2. The zero-order valence-corrected chi connectivity index (χ0v) is 19.7. The quantitative estimate of drug-likeness (QED) is 0.471. The maximum Gasteiger partial charge on any atom is 0.222 e. The third kappa shape index (κ3) is 5.18. The molecule has 1 aliphatic rings. The second-order valence-corrected chi connectivity index (χ2v) is 8.33. The van der Waals surface area contributed by atoms with E-state index in [0.29, 0.717) is 29.7 Å². The summed E-state index contributed by atoms with van der Waals surface area (Å²) in [6.07, 6.45) is 5.73. The van der Waals surface area contributed by atoms with Crippen molar-refractivity contribution in [3.8, 4) is 22.9 Å². The summed E-state index contributed by atoms with van der Waals surface area (Å²) in [6, 6.07) is 12.0. The molecule has 0 atom stereocenters. The molecule has 174 valence electrons. The summed E-state index contributed by atoms with van der Waals surface area (Å²) in [6.45, 7) is 5.43. The van der Waals surface area contributed by atoms with Gasteiger partial charge < -0.3 is 19.3 Å². The highest BCUT2D eigenvalue weighted by atomic mass is 16.5. The van der Waals surface area contributed by atoms with Crippen molar-refractivity contribution in [2.75, 3.05) is 45.3 Å². The van der Waals surface area contributed by atoms with E-state index < -0.39 is 0 Å². The van der Waals surface area contributed by atoms with Crippen LogP contribution in [-0.2, 0) is 4.79 Å². The van der Waals surface area contributed by atoms with Crippen LogP contribution < -0.4 is 14.4 Å². The highest BCUT2D eigenvalue weighted by Gasteiger charge is 2.21.